The Morgan fingerprint density at radius 2 is 1.97 bits per heavy atom. The third-order valence-electron chi connectivity index (χ3n) is 4.64. The maximum atomic E-state index is 13.8. The van der Waals surface area contributed by atoms with Gasteiger partial charge >= 0.3 is 5.91 Å². The van der Waals surface area contributed by atoms with Gasteiger partial charge in [0.2, 0.25) is 0 Å². The molecule has 0 radical (unpaired) electrons. The molecule has 0 saturated heterocycles. The van der Waals surface area contributed by atoms with Gasteiger partial charge in [-0.25, -0.2) is 19.9 Å². The molecule has 0 aliphatic rings. The van der Waals surface area contributed by atoms with Crippen molar-refractivity contribution < 1.29 is 9.18 Å². The van der Waals surface area contributed by atoms with E-state index in [1.54, 1.807) is 29.2 Å². The molecule has 0 spiro atoms. The molecule has 0 unspecified atom stereocenters. The lowest BCUT2D eigenvalue weighted by Crippen LogP contribution is -2.30. The van der Waals surface area contributed by atoms with E-state index in [2.05, 4.69) is 20.4 Å². The summed E-state index contributed by atoms with van der Waals surface area (Å²) in [7, 11) is 0. The Balaban J connectivity index is 1.83. The molecular weight excluding hydrogens is 373 g/mol. The van der Waals surface area contributed by atoms with E-state index in [4.69, 9.17) is 10.9 Å². The monoisotopic (exact) mass is 387 g/mol. The largest absolute Gasteiger partial charge is 0.334 e. The van der Waals surface area contributed by atoms with Gasteiger partial charge in [-0.15, -0.1) is 0 Å². The fourth-order valence-electron chi connectivity index (χ4n) is 3.32. The van der Waals surface area contributed by atoms with Crippen LogP contribution in [0.3, 0.4) is 0 Å². The van der Waals surface area contributed by atoms with Crippen molar-refractivity contribution in [3.05, 3.63) is 72.6 Å². The number of hydrogen-bond donors (Lipinski definition) is 3. The van der Waals surface area contributed by atoms with Crippen LogP contribution in [0.15, 0.2) is 60.9 Å². The molecule has 4 N–H and O–H groups in total. The summed E-state index contributed by atoms with van der Waals surface area (Å²) < 4.78 is 15.5. The minimum absolute atomic E-state index is 0.103. The fraction of sp³-hybridized carbons (Fsp3) is 0. The quantitative estimate of drug-likeness (QED) is 0.250. The summed E-state index contributed by atoms with van der Waals surface area (Å²) in [6, 6.07) is 13.6. The standard InChI is InChI=1S/C20H14FN7O/c21-12-2-1-3-13(8-12)28-17-10-16-15(24-19(25-16)20(29)26-22)9-14(17)18(27-28)11-4-6-23-7-5-11/h1-10H,22H2,(H,24,25)(H,26,29). The van der Waals surface area contributed by atoms with E-state index in [-0.39, 0.29) is 11.6 Å². The third-order valence-corrected chi connectivity index (χ3v) is 4.64. The highest BCUT2D eigenvalue weighted by Gasteiger charge is 2.18. The van der Waals surface area contributed by atoms with Crippen molar-refractivity contribution >= 4 is 27.8 Å². The van der Waals surface area contributed by atoms with Crippen LogP contribution in [0.25, 0.3) is 38.9 Å². The predicted molar refractivity (Wildman–Crippen MR) is 106 cm³/mol. The molecule has 0 fully saturated rings. The molecule has 142 valence electrons. The van der Waals surface area contributed by atoms with Crippen molar-refractivity contribution in [1.82, 2.24) is 30.2 Å². The normalized spacial score (nSPS) is 11.2. The maximum Gasteiger partial charge on any atom is 0.300 e. The molecule has 0 aliphatic carbocycles. The predicted octanol–water partition coefficient (Wildman–Crippen LogP) is 2.71. The molecule has 29 heavy (non-hydrogen) atoms. The van der Waals surface area contributed by atoms with Crippen LogP contribution in [-0.2, 0) is 0 Å². The lowest BCUT2D eigenvalue weighted by atomic mass is 10.1. The van der Waals surface area contributed by atoms with Gasteiger partial charge in [-0.1, -0.05) is 6.07 Å². The van der Waals surface area contributed by atoms with Gasteiger partial charge in [0.15, 0.2) is 5.82 Å². The van der Waals surface area contributed by atoms with Gasteiger partial charge in [-0.2, -0.15) is 5.10 Å². The second-order valence-corrected chi connectivity index (χ2v) is 6.42. The summed E-state index contributed by atoms with van der Waals surface area (Å²) in [6.45, 7) is 0. The van der Waals surface area contributed by atoms with Crippen LogP contribution in [0.1, 0.15) is 10.6 Å². The number of H-pyrrole nitrogens is 1. The van der Waals surface area contributed by atoms with Crippen molar-refractivity contribution in [1.29, 1.82) is 0 Å². The number of hydrogen-bond acceptors (Lipinski definition) is 5. The SMILES string of the molecule is NNC(=O)c1nc2cc3c(-c4ccncc4)nn(-c4cccc(F)c4)c3cc2[nH]1. The Labute approximate surface area is 163 Å². The molecule has 0 aliphatic heterocycles. The van der Waals surface area contributed by atoms with E-state index in [0.717, 1.165) is 16.5 Å². The number of carbonyl (C=O) groups excluding carboxylic acids is 1. The maximum absolute atomic E-state index is 13.8. The van der Waals surface area contributed by atoms with Crippen molar-refractivity contribution in [2.75, 3.05) is 0 Å². The van der Waals surface area contributed by atoms with Gasteiger partial charge in [-0.05, 0) is 42.5 Å². The van der Waals surface area contributed by atoms with Crippen LogP contribution < -0.4 is 11.3 Å². The highest BCUT2D eigenvalue weighted by Crippen LogP contribution is 2.32. The summed E-state index contributed by atoms with van der Waals surface area (Å²) in [5.74, 6) is 4.43. The smallest absolute Gasteiger partial charge is 0.300 e. The van der Waals surface area contributed by atoms with Gasteiger partial charge in [0.1, 0.15) is 11.5 Å². The third kappa shape index (κ3) is 2.80. The number of hydrazine groups is 1. The van der Waals surface area contributed by atoms with E-state index in [1.165, 1.54) is 12.1 Å². The second-order valence-electron chi connectivity index (χ2n) is 6.42. The van der Waals surface area contributed by atoms with Crippen LogP contribution >= 0.6 is 0 Å². The van der Waals surface area contributed by atoms with Gasteiger partial charge < -0.3 is 4.98 Å². The number of rotatable bonds is 3. The van der Waals surface area contributed by atoms with Gasteiger partial charge in [-0.3, -0.25) is 15.2 Å². The van der Waals surface area contributed by atoms with Crippen LogP contribution in [0.2, 0.25) is 0 Å². The molecule has 5 rings (SSSR count). The molecule has 0 bridgehead atoms. The number of amides is 1. The molecule has 5 aromatic rings. The van der Waals surface area contributed by atoms with Crippen LogP contribution in [-0.4, -0.2) is 30.6 Å². The summed E-state index contributed by atoms with van der Waals surface area (Å²) >= 11 is 0. The fourth-order valence-corrected chi connectivity index (χ4v) is 3.32. The lowest BCUT2D eigenvalue weighted by Gasteiger charge is -2.03. The molecule has 0 saturated carbocycles. The van der Waals surface area contributed by atoms with Crippen LogP contribution in [0, 0.1) is 5.82 Å². The van der Waals surface area contributed by atoms with Crippen LogP contribution in [0.5, 0.6) is 0 Å². The first-order valence-corrected chi connectivity index (χ1v) is 8.74. The highest BCUT2D eigenvalue weighted by molar-refractivity contribution is 6.03. The number of aromatic nitrogens is 5. The highest BCUT2D eigenvalue weighted by atomic mass is 19.1. The van der Waals surface area contributed by atoms with Gasteiger partial charge in [0, 0.05) is 23.3 Å². The molecule has 0 atom stereocenters. The second kappa shape index (κ2) is 6.50. The number of halogens is 1. The summed E-state index contributed by atoms with van der Waals surface area (Å²) in [5.41, 5.74) is 6.15. The number of pyridine rings is 1. The lowest BCUT2D eigenvalue weighted by molar-refractivity contribution is 0.0944. The number of nitrogen functional groups attached to an aromatic ring is 1. The Bertz CT molecular complexity index is 1370. The summed E-state index contributed by atoms with van der Waals surface area (Å²) in [5, 5.41) is 5.53. The number of aromatic amines is 1. The average molecular weight is 387 g/mol. The summed E-state index contributed by atoms with van der Waals surface area (Å²) in [4.78, 5) is 23.1. The molecular formula is C20H14FN7O. The Hall–Kier alpha value is -4.11. The first-order chi connectivity index (χ1) is 14.1. The molecule has 1 amide bonds. The Morgan fingerprint density at radius 1 is 1.14 bits per heavy atom. The Kier molecular flexibility index (Phi) is 3.81. The van der Waals surface area contributed by atoms with Crippen LogP contribution in [0.4, 0.5) is 4.39 Å². The zero-order chi connectivity index (χ0) is 20.0. The van der Waals surface area contributed by atoms with Gasteiger partial charge in [0.05, 0.1) is 22.2 Å². The number of nitrogens with zero attached hydrogens (tertiary/aromatic N) is 4. The molecule has 9 heteroatoms. The summed E-state index contributed by atoms with van der Waals surface area (Å²) in [6.07, 6.45) is 3.36. The first-order valence-electron chi connectivity index (χ1n) is 8.74. The van der Waals surface area contributed by atoms with Crippen molar-refractivity contribution in [3.8, 4) is 16.9 Å². The van der Waals surface area contributed by atoms with E-state index in [1.807, 2.05) is 24.3 Å². The number of fused-ring (bicyclic) bond motifs is 2. The van der Waals surface area contributed by atoms with E-state index < -0.39 is 5.91 Å². The van der Waals surface area contributed by atoms with E-state index >= 15 is 0 Å². The minimum Gasteiger partial charge on any atom is -0.334 e. The average Bonchev–Trinajstić information content (AvgIpc) is 3.33. The number of benzene rings is 2. The van der Waals surface area contributed by atoms with E-state index in [9.17, 15) is 9.18 Å². The molecule has 2 aromatic carbocycles. The van der Waals surface area contributed by atoms with Crippen molar-refractivity contribution in [3.63, 3.8) is 0 Å². The first kappa shape index (κ1) is 17.0. The number of carbonyl (C=O) groups is 1. The van der Waals surface area contributed by atoms with E-state index in [0.29, 0.717) is 22.4 Å². The molecule has 8 nitrogen and oxygen atoms in total. The number of nitrogens with one attached hydrogen (secondary N) is 2. The molecule has 3 heterocycles. The molecule has 3 aromatic heterocycles. The Morgan fingerprint density at radius 3 is 2.72 bits per heavy atom. The number of nitrogens with two attached hydrogens (primary N) is 1. The van der Waals surface area contributed by atoms with Crippen molar-refractivity contribution in [2.45, 2.75) is 0 Å². The van der Waals surface area contributed by atoms with Crippen molar-refractivity contribution in [2.24, 2.45) is 5.84 Å². The zero-order valence-corrected chi connectivity index (χ0v) is 14.9. The van der Waals surface area contributed by atoms with Gasteiger partial charge in [0.25, 0.3) is 0 Å². The zero-order valence-electron chi connectivity index (χ0n) is 14.9. The topological polar surface area (TPSA) is 115 Å². The number of imidazole rings is 1. The minimum atomic E-state index is -0.522.